The number of carbonyl (C=O) groups excluding carboxylic acids is 1. The molecule has 0 unspecified atom stereocenters. The summed E-state index contributed by atoms with van der Waals surface area (Å²) in [6.45, 7) is 12.4. The molecule has 0 spiro atoms. The monoisotopic (exact) mass is 445 g/mol. The average Bonchev–Trinajstić information content (AvgIpc) is 3.23. The van der Waals surface area contributed by atoms with Crippen LogP contribution in [0.15, 0.2) is 23.4 Å². The van der Waals surface area contributed by atoms with Gasteiger partial charge in [0.25, 0.3) is 0 Å². The predicted octanol–water partition coefficient (Wildman–Crippen LogP) is 4.86. The van der Waals surface area contributed by atoms with Gasteiger partial charge in [0.2, 0.25) is 5.91 Å². The lowest BCUT2D eigenvalue weighted by molar-refractivity contribution is -0.113. The van der Waals surface area contributed by atoms with Crippen molar-refractivity contribution in [3.63, 3.8) is 0 Å². The van der Waals surface area contributed by atoms with E-state index in [0.29, 0.717) is 16.9 Å². The van der Waals surface area contributed by atoms with E-state index in [1.807, 2.05) is 44.4 Å². The van der Waals surface area contributed by atoms with Crippen molar-refractivity contribution < 1.29 is 9.53 Å². The third kappa shape index (κ3) is 5.40. The fourth-order valence-electron chi connectivity index (χ4n) is 2.84. The molecule has 0 saturated carbocycles. The lowest BCUT2D eigenvalue weighted by Gasteiger charge is -2.15. The Morgan fingerprint density at radius 2 is 2.00 bits per heavy atom. The van der Waals surface area contributed by atoms with Gasteiger partial charge in [-0.1, -0.05) is 23.9 Å². The first-order valence-corrected chi connectivity index (χ1v) is 11.5. The number of thioether (sulfide) groups is 1. The Morgan fingerprint density at radius 3 is 2.67 bits per heavy atom. The lowest BCUT2D eigenvalue weighted by atomic mass is 10.1. The topological polar surface area (TPSA) is 81.9 Å². The van der Waals surface area contributed by atoms with Crippen molar-refractivity contribution in [3.8, 4) is 5.75 Å². The summed E-state index contributed by atoms with van der Waals surface area (Å²) in [4.78, 5) is 17.8. The van der Waals surface area contributed by atoms with Crippen LogP contribution < -0.4 is 10.1 Å². The first-order chi connectivity index (χ1) is 14.2. The summed E-state index contributed by atoms with van der Waals surface area (Å²) >= 11 is 2.84. The number of thiazole rings is 1. The van der Waals surface area contributed by atoms with Crippen molar-refractivity contribution in [2.45, 2.75) is 59.3 Å². The number of ether oxygens (including phenoxy) is 1. The summed E-state index contributed by atoms with van der Waals surface area (Å²) in [5, 5.41) is 12.8. The van der Waals surface area contributed by atoms with Crippen LogP contribution in [0.3, 0.4) is 0 Å². The fourth-order valence-corrected chi connectivity index (χ4v) is 4.56. The number of aromatic nitrogens is 4. The van der Waals surface area contributed by atoms with Crippen LogP contribution in [0, 0.1) is 27.7 Å². The number of rotatable bonds is 8. The van der Waals surface area contributed by atoms with Gasteiger partial charge in [0.05, 0.1) is 11.4 Å². The third-order valence-corrected chi connectivity index (χ3v) is 6.49. The number of nitrogens with one attached hydrogen (secondary N) is 1. The molecule has 2 aromatic heterocycles. The first kappa shape index (κ1) is 22.3. The van der Waals surface area contributed by atoms with Crippen LogP contribution in [-0.4, -0.2) is 31.4 Å². The maximum atomic E-state index is 12.3. The zero-order chi connectivity index (χ0) is 21.8. The molecule has 0 saturated heterocycles. The normalized spacial score (nSPS) is 11.2. The van der Waals surface area contributed by atoms with Gasteiger partial charge in [0.15, 0.2) is 16.1 Å². The summed E-state index contributed by atoms with van der Waals surface area (Å²) in [7, 11) is 0. The molecular weight excluding hydrogens is 418 g/mol. The number of anilines is 1. The second-order valence-corrected chi connectivity index (χ2v) is 9.56. The van der Waals surface area contributed by atoms with E-state index in [1.165, 1.54) is 23.1 Å². The molecule has 0 aliphatic heterocycles. The van der Waals surface area contributed by atoms with Gasteiger partial charge >= 0.3 is 0 Å². The molecule has 1 aromatic carbocycles. The van der Waals surface area contributed by atoms with Crippen molar-refractivity contribution in [2.24, 2.45) is 0 Å². The average molecular weight is 446 g/mol. The second-order valence-electron chi connectivity index (χ2n) is 7.42. The SMILES string of the molecule is Cc1ccc(C)c(OCc2nnc(SCC(=O)Nc3nc(C)c(C)s3)n2C(C)C)c1. The number of aryl methyl sites for hydroxylation is 4. The summed E-state index contributed by atoms with van der Waals surface area (Å²) in [6, 6.07) is 6.27. The minimum Gasteiger partial charge on any atom is -0.485 e. The molecule has 30 heavy (non-hydrogen) atoms. The largest absolute Gasteiger partial charge is 0.485 e. The van der Waals surface area contributed by atoms with Crippen LogP contribution in [0.5, 0.6) is 5.75 Å². The maximum absolute atomic E-state index is 12.3. The lowest BCUT2D eigenvalue weighted by Crippen LogP contribution is -2.15. The summed E-state index contributed by atoms with van der Waals surface area (Å²) in [5.74, 6) is 1.71. The number of hydrogen-bond acceptors (Lipinski definition) is 7. The van der Waals surface area contributed by atoms with E-state index in [4.69, 9.17) is 4.74 Å². The molecule has 3 rings (SSSR count). The van der Waals surface area contributed by atoms with Crippen molar-refractivity contribution in [1.82, 2.24) is 19.7 Å². The molecular formula is C21H27N5O2S2. The molecule has 3 aromatic rings. The molecule has 1 amide bonds. The Morgan fingerprint density at radius 1 is 1.23 bits per heavy atom. The van der Waals surface area contributed by atoms with E-state index < -0.39 is 0 Å². The number of hydrogen-bond donors (Lipinski definition) is 1. The number of amides is 1. The summed E-state index contributed by atoms with van der Waals surface area (Å²) in [5.41, 5.74) is 3.17. The molecule has 1 N–H and O–H groups in total. The molecule has 0 aliphatic carbocycles. The molecule has 0 bridgehead atoms. The van der Waals surface area contributed by atoms with Crippen molar-refractivity contribution in [2.75, 3.05) is 11.1 Å². The van der Waals surface area contributed by atoms with Crippen molar-refractivity contribution in [3.05, 3.63) is 45.7 Å². The Hall–Kier alpha value is -2.39. The maximum Gasteiger partial charge on any atom is 0.236 e. The summed E-state index contributed by atoms with van der Waals surface area (Å²) < 4.78 is 8.02. The smallest absolute Gasteiger partial charge is 0.236 e. The van der Waals surface area contributed by atoms with Gasteiger partial charge in [0.1, 0.15) is 12.4 Å². The van der Waals surface area contributed by atoms with E-state index in [0.717, 1.165) is 33.3 Å². The van der Waals surface area contributed by atoms with Crippen molar-refractivity contribution in [1.29, 1.82) is 0 Å². The minimum absolute atomic E-state index is 0.111. The molecule has 2 heterocycles. The van der Waals surface area contributed by atoms with Crippen LogP contribution in [0.2, 0.25) is 0 Å². The second kappa shape index (κ2) is 9.61. The Bertz CT molecular complexity index is 1020. The molecule has 7 nitrogen and oxygen atoms in total. The number of nitrogens with zero attached hydrogens (tertiary/aromatic N) is 4. The highest BCUT2D eigenvalue weighted by atomic mass is 32.2. The van der Waals surface area contributed by atoms with Crippen LogP contribution in [0.25, 0.3) is 0 Å². The zero-order valence-electron chi connectivity index (χ0n) is 18.1. The van der Waals surface area contributed by atoms with Crippen LogP contribution in [0.1, 0.15) is 47.4 Å². The molecule has 0 atom stereocenters. The third-order valence-electron chi connectivity index (χ3n) is 4.56. The highest BCUT2D eigenvalue weighted by molar-refractivity contribution is 7.99. The fraction of sp³-hybridized carbons (Fsp3) is 0.429. The van der Waals surface area contributed by atoms with E-state index in [-0.39, 0.29) is 17.7 Å². The highest BCUT2D eigenvalue weighted by Crippen LogP contribution is 2.25. The first-order valence-electron chi connectivity index (χ1n) is 9.75. The van der Waals surface area contributed by atoms with E-state index in [9.17, 15) is 4.79 Å². The van der Waals surface area contributed by atoms with Gasteiger partial charge in [-0.25, -0.2) is 4.98 Å². The van der Waals surface area contributed by atoms with Gasteiger partial charge in [-0.2, -0.15) is 0 Å². The predicted molar refractivity (Wildman–Crippen MR) is 122 cm³/mol. The summed E-state index contributed by atoms with van der Waals surface area (Å²) in [6.07, 6.45) is 0. The Balaban J connectivity index is 1.65. The van der Waals surface area contributed by atoms with Crippen molar-refractivity contribution >= 4 is 34.1 Å². The van der Waals surface area contributed by atoms with Crippen LogP contribution in [-0.2, 0) is 11.4 Å². The van der Waals surface area contributed by atoms with Gasteiger partial charge in [-0.3, -0.25) is 4.79 Å². The van der Waals surface area contributed by atoms with E-state index in [2.05, 4.69) is 40.4 Å². The zero-order valence-corrected chi connectivity index (χ0v) is 19.8. The minimum atomic E-state index is -0.111. The molecule has 160 valence electrons. The van der Waals surface area contributed by atoms with Crippen LogP contribution >= 0.6 is 23.1 Å². The molecule has 0 radical (unpaired) electrons. The standard InChI is InChI=1S/C21H27N5O2S2/c1-12(2)26-18(10-28-17-9-13(3)7-8-14(17)4)24-25-21(26)29-11-19(27)23-20-22-15(5)16(6)30-20/h7-9,12H,10-11H2,1-6H3,(H,22,23,27). The van der Waals surface area contributed by atoms with E-state index in [1.54, 1.807) is 0 Å². The van der Waals surface area contributed by atoms with Gasteiger partial charge in [-0.05, 0) is 58.7 Å². The van der Waals surface area contributed by atoms with Gasteiger partial charge in [-0.15, -0.1) is 21.5 Å². The van der Waals surface area contributed by atoms with Gasteiger partial charge in [0, 0.05) is 10.9 Å². The van der Waals surface area contributed by atoms with Crippen LogP contribution in [0.4, 0.5) is 5.13 Å². The molecule has 0 fully saturated rings. The highest BCUT2D eigenvalue weighted by Gasteiger charge is 2.18. The number of benzene rings is 1. The Kier molecular flexibility index (Phi) is 7.14. The van der Waals surface area contributed by atoms with Gasteiger partial charge < -0.3 is 14.6 Å². The quantitative estimate of drug-likeness (QED) is 0.499. The molecule has 0 aliphatic rings. The number of carbonyl (C=O) groups is 1. The Labute approximate surface area is 185 Å². The molecule has 9 heteroatoms. The van der Waals surface area contributed by atoms with E-state index >= 15 is 0 Å².